The Labute approximate surface area is 112 Å². The van der Waals surface area contributed by atoms with E-state index in [1.54, 1.807) is 22.9 Å². The number of carbonyl (C=O) groups excluding carboxylic acids is 1. The Hall–Kier alpha value is -2.36. The summed E-state index contributed by atoms with van der Waals surface area (Å²) >= 11 is 0. The molecule has 4 heteroatoms. The van der Waals surface area contributed by atoms with Gasteiger partial charge in [-0.2, -0.15) is 4.57 Å². The highest BCUT2D eigenvalue weighted by Gasteiger charge is 2.11. The number of nitrogens with one attached hydrogen (secondary N) is 1. The number of rotatable bonds is 3. The van der Waals surface area contributed by atoms with E-state index in [-0.39, 0.29) is 18.2 Å². The summed E-state index contributed by atoms with van der Waals surface area (Å²) in [5.74, 6) is 0.0179. The van der Waals surface area contributed by atoms with Gasteiger partial charge in [0.1, 0.15) is 0 Å². The summed E-state index contributed by atoms with van der Waals surface area (Å²) in [6.45, 7) is 4.15. The minimum Gasteiger partial charge on any atom is -0.503 e. The van der Waals surface area contributed by atoms with Gasteiger partial charge in [0, 0.05) is 11.8 Å². The molecule has 0 aliphatic rings. The standard InChI is InChI=1S/C15H16N2O2/c1-11-5-6-14(12(2)8-11)16-15(19)10-17-7-3-4-13(18)9-17/h3-9H,10H2,1-2H3,(H-,16,18,19)/p+1. The average Bonchev–Trinajstić information content (AvgIpc) is 2.33. The average molecular weight is 257 g/mol. The number of aromatic hydroxyl groups is 1. The molecule has 19 heavy (non-hydrogen) atoms. The first kappa shape index (κ1) is 13.1. The van der Waals surface area contributed by atoms with Gasteiger partial charge in [-0.3, -0.25) is 4.79 Å². The van der Waals surface area contributed by atoms with Crippen LogP contribution in [0.1, 0.15) is 11.1 Å². The number of pyridine rings is 1. The molecule has 0 atom stereocenters. The van der Waals surface area contributed by atoms with Crippen molar-refractivity contribution in [2.45, 2.75) is 20.4 Å². The molecular formula is C15H17N2O2+. The van der Waals surface area contributed by atoms with Crippen molar-refractivity contribution >= 4 is 11.6 Å². The Kier molecular flexibility index (Phi) is 3.80. The van der Waals surface area contributed by atoms with Gasteiger partial charge in [0.25, 0.3) is 5.91 Å². The van der Waals surface area contributed by atoms with Crippen LogP contribution in [0.25, 0.3) is 0 Å². The zero-order valence-electron chi connectivity index (χ0n) is 11.1. The molecule has 1 heterocycles. The first-order valence-electron chi connectivity index (χ1n) is 6.10. The number of nitrogens with zero attached hydrogens (tertiary/aromatic N) is 1. The largest absolute Gasteiger partial charge is 0.503 e. The fourth-order valence-electron chi connectivity index (χ4n) is 1.92. The topological polar surface area (TPSA) is 53.2 Å². The van der Waals surface area contributed by atoms with Crippen molar-refractivity contribution in [3.63, 3.8) is 0 Å². The van der Waals surface area contributed by atoms with Crippen molar-refractivity contribution in [1.82, 2.24) is 0 Å². The lowest BCUT2D eigenvalue weighted by Gasteiger charge is -2.07. The summed E-state index contributed by atoms with van der Waals surface area (Å²) in [5.41, 5.74) is 3.02. The number of hydrogen-bond acceptors (Lipinski definition) is 2. The predicted molar refractivity (Wildman–Crippen MR) is 72.8 cm³/mol. The van der Waals surface area contributed by atoms with E-state index in [4.69, 9.17) is 0 Å². The second-order valence-corrected chi connectivity index (χ2v) is 4.60. The van der Waals surface area contributed by atoms with Crippen molar-refractivity contribution < 1.29 is 14.5 Å². The van der Waals surface area contributed by atoms with Crippen molar-refractivity contribution in [3.05, 3.63) is 53.9 Å². The molecule has 0 bridgehead atoms. The van der Waals surface area contributed by atoms with Crippen LogP contribution in [0.4, 0.5) is 5.69 Å². The minimum absolute atomic E-state index is 0.123. The van der Waals surface area contributed by atoms with Crippen molar-refractivity contribution in [1.29, 1.82) is 0 Å². The first-order chi connectivity index (χ1) is 9.04. The van der Waals surface area contributed by atoms with Gasteiger partial charge in [0.2, 0.25) is 12.7 Å². The number of aryl methyl sites for hydroxylation is 2. The molecule has 0 radical (unpaired) electrons. The molecule has 2 rings (SSSR count). The first-order valence-corrected chi connectivity index (χ1v) is 6.10. The van der Waals surface area contributed by atoms with E-state index < -0.39 is 0 Å². The molecule has 98 valence electrons. The van der Waals surface area contributed by atoms with Gasteiger partial charge in [0.15, 0.2) is 11.9 Å². The molecule has 2 N–H and O–H groups in total. The SMILES string of the molecule is Cc1ccc(NC(=O)C[n+]2cccc(O)c2)c(C)c1. The molecule has 0 aliphatic heterocycles. The summed E-state index contributed by atoms with van der Waals surface area (Å²) < 4.78 is 1.63. The normalized spacial score (nSPS) is 10.2. The molecule has 1 aromatic carbocycles. The molecule has 2 aromatic rings. The number of aromatic nitrogens is 1. The molecule has 4 nitrogen and oxygen atoms in total. The number of benzene rings is 1. The van der Waals surface area contributed by atoms with Crippen molar-refractivity contribution in [3.8, 4) is 5.75 Å². The molecule has 0 saturated carbocycles. The molecule has 0 aliphatic carbocycles. The third-order valence-corrected chi connectivity index (χ3v) is 2.82. The number of hydrogen-bond donors (Lipinski definition) is 2. The van der Waals surface area contributed by atoms with E-state index in [0.29, 0.717) is 0 Å². The Bertz CT molecular complexity index is 609. The van der Waals surface area contributed by atoms with Gasteiger partial charge in [0.05, 0.1) is 0 Å². The van der Waals surface area contributed by atoms with Crippen LogP contribution in [0, 0.1) is 13.8 Å². The monoisotopic (exact) mass is 257 g/mol. The summed E-state index contributed by atoms with van der Waals surface area (Å²) in [7, 11) is 0. The van der Waals surface area contributed by atoms with Crippen LogP contribution in [0.3, 0.4) is 0 Å². The third kappa shape index (κ3) is 3.55. The Morgan fingerprint density at radius 3 is 2.79 bits per heavy atom. The Morgan fingerprint density at radius 2 is 2.11 bits per heavy atom. The maximum Gasteiger partial charge on any atom is 0.290 e. The highest BCUT2D eigenvalue weighted by molar-refractivity contribution is 5.90. The van der Waals surface area contributed by atoms with E-state index in [1.165, 1.54) is 6.20 Å². The Balaban J connectivity index is 2.05. The third-order valence-electron chi connectivity index (χ3n) is 2.82. The van der Waals surface area contributed by atoms with Gasteiger partial charge in [-0.1, -0.05) is 17.7 Å². The lowest BCUT2D eigenvalue weighted by atomic mass is 10.1. The highest BCUT2D eigenvalue weighted by Crippen LogP contribution is 2.15. The second-order valence-electron chi connectivity index (χ2n) is 4.60. The molecule has 0 spiro atoms. The van der Waals surface area contributed by atoms with Crippen LogP contribution in [-0.2, 0) is 11.3 Å². The lowest BCUT2D eigenvalue weighted by molar-refractivity contribution is -0.684. The lowest BCUT2D eigenvalue weighted by Crippen LogP contribution is -2.39. The second kappa shape index (κ2) is 5.52. The van der Waals surface area contributed by atoms with Crippen LogP contribution in [0.2, 0.25) is 0 Å². The molecule has 1 amide bonds. The van der Waals surface area contributed by atoms with E-state index in [0.717, 1.165) is 16.8 Å². The number of carbonyl (C=O) groups is 1. The van der Waals surface area contributed by atoms with Gasteiger partial charge in [-0.25, -0.2) is 0 Å². The zero-order chi connectivity index (χ0) is 13.8. The van der Waals surface area contributed by atoms with E-state index in [9.17, 15) is 9.90 Å². The fraction of sp³-hybridized carbons (Fsp3) is 0.200. The molecule has 0 unspecified atom stereocenters. The minimum atomic E-state index is -0.123. The van der Waals surface area contributed by atoms with Crippen LogP contribution in [0.5, 0.6) is 5.75 Å². The maximum atomic E-state index is 11.9. The van der Waals surface area contributed by atoms with Crippen molar-refractivity contribution in [2.75, 3.05) is 5.32 Å². The molecule has 0 fully saturated rings. The van der Waals surface area contributed by atoms with Gasteiger partial charge >= 0.3 is 0 Å². The molecule has 1 aromatic heterocycles. The van der Waals surface area contributed by atoms with Crippen LogP contribution < -0.4 is 9.88 Å². The van der Waals surface area contributed by atoms with Gasteiger partial charge < -0.3 is 10.4 Å². The van der Waals surface area contributed by atoms with E-state index in [2.05, 4.69) is 5.32 Å². The fourth-order valence-corrected chi connectivity index (χ4v) is 1.92. The van der Waals surface area contributed by atoms with Gasteiger partial charge in [-0.05, 0) is 31.5 Å². The van der Waals surface area contributed by atoms with E-state index in [1.807, 2.05) is 32.0 Å². The van der Waals surface area contributed by atoms with Crippen LogP contribution >= 0.6 is 0 Å². The quantitative estimate of drug-likeness (QED) is 0.826. The summed E-state index contributed by atoms with van der Waals surface area (Å²) in [6, 6.07) is 9.15. The predicted octanol–water partition coefficient (Wildman–Crippen LogP) is 1.94. The zero-order valence-corrected chi connectivity index (χ0v) is 11.1. The highest BCUT2D eigenvalue weighted by atomic mass is 16.3. The smallest absolute Gasteiger partial charge is 0.290 e. The Morgan fingerprint density at radius 1 is 1.32 bits per heavy atom. The molecular weight excluding hydrogens is 240 g/mol. The maximum absolute atomic E-state index is 11.9. The number of amides is 1. The number of anilines is 1. The van der Waals surface area contributed by atoms with E-state index >= 15 is 0 Å². The summed E-state index contributed by atoms with van der Waals surface area (Å²) in [6.07, 6.45) is 3.25. The van der Waals surface area contributed by atoms with Crippen LogP contribution in [0.15, 0.2) is 42.7 Å². The van der Waals surface area contributed by atoms with Crippen molar-refractivity contribution in [2.24, 2.45) is 0 Å². The summed E-state index contributed by atoms with van der Waals surface area (Å²) in [5, 5.41) is 12.2. The summed E-state index contributed by atoms with van der Waals surface area (Å²) in [4.78, 5) is 11.9. The molecule has 0 saturated heterocycles. The van der Waals surface area contributed by atoms with Crippen LogP contribution in [-0.4, -0.2) is 11.0 Å². The van der Waals surface area contributed by atoms with Gasteiger partial charge in [-0.15, -0.1) is 0 Å².